The van der Waals surface area contributed by atoms with E-state index in [2.05, 4.69) is 22.8 Å². The minimum absolute atomic E-state index is 0.0765. The molecule has 3 aromatic rings. The lowest BCUT2D eigenvalue weighted by Crippen LogP contribution is -2.54. The molecule has 0 heterocycles. The Morgan fingerprint density at radius 1 is 0.791 bits per heavy atom. The van der Waals surface area contributed by atoms with Crippen LogP contribution in [0.25, 0.3) is 0 Å². The molecule has 0 spiro atoms. The van der Waals surface area contributed by atoms with Gasteiger partial charge in [-0.2, -0.15) is 0 Å². The second-order valence-electron chi connectivity index (χ2n) is 11.1. The van der Waals surface area contributed by atoms with Gasteiger partial charge in [0.15, 0.2) is 0 Å². The van der Waals surface area contributed by atoms with E-state index in [-0.39, 0.29) is 36.6 Å². The maximum absolute atomic E-state index is 13.1. The molecule has 3 aromatic carbocycles. The molecule has 0 aliphatic heterocycles. The van der Waals surface area contributed by atoms with Crippen LogP contribution < -0.4 is 16.4 Å². The second-order valence-corrected chi connectivity index (χ2v) is 11.1. The van der Waals surface area contributed by atoms with Crippen molar-refractivity contribution in [3.8, 4) is 0 Å². The summed E-state index contributed by atoms with van der Waals surface area (Å²) in [4.78, 5) is 34.5. The maximum atomic E-state index is 13.1. The van der Waals surface area contributed by atoms with Gasteiger partial charge in [0, 0.05) is 6.42 Å². The highest BCUT2D eigenvalue weighted by molar-refractivity contribution is 5.82. The van der Waals surface area contributed by atoms with E-state index in [4.69, 9.17) is 10.8 Å². The van der Waals surface area contributed by atoms with E-state index in [1.165, 1.54) is 5.56 Å². The number of unbranched alkanes of at least 4 members (excludes halogenated alkanes) is 1. The molecule has 0 aliphatic rings. The Morgan fingerprint density at radius 2 is 1.33 bits per heavy atom. The van der Waals surface area contributed by atoms with Crippen molar-refractivity contribution in [3.05, 3.63) is 108 Å². The van der Waals surface area contributed by atoms with E-state index in [1.807, 2.05) is 92.7 Å². The van der Waals surface area contributed by atoms with Gasteiger partial charge in [0.1, 0.15) is 0 Å². The number of primary amides is 1. The van der Waals surface area contributed by atoms with E-state index in [9.17, 15) is 19.5 Å². The van der Waals surface area contributed by atoms with Gasteiger partial charge < -0.3 is 26.6 Å². The summed E-state index contributed by atoms with van der Waals surface area (Å²) in [6, 6.07) is 28.5. The van der Waals surface area contributed by atoms with Gasteiger partial charge >= 0.3 is 5.97 Å². The molecule has 0 saturated carbocycles. The van der Waals surface area contributed by atoms with Crippen LogP contribution in [0.4, 0.5) is 0 Å². The summed E-state index contributed by atoms with van der Waals surface area (Å²) in [5.41, 5.74) is 8.25. The normalized spacial score (nSPS) is 12.8. The van der Waals surface area contributed by atoms with Crippen LogP contribution in [0.2, 0.25) is 0 Å². The van der Waals surface area contributed by atoms with Gasteiger partial charge in [0.05, 0.1) is 24.6 Å². The average molecular weight is 590 g/mol. The Bertz CT molecular complexity index is 1210. The number of hydrogen-bond acceptors (Lipinski definition) is 5. The molecule has 232 valence electrons. The first-order valence-corrected chi connectivity index (χ1v) is 15.0. The predicted octanol–water partition coefficient (Wildman–Crippen LogP) is 4.29. The lowest BCUT2D eigenvalue weighted by atomic mass is 9.96. The number of aliphatic hydroxyl groups excluding tert-OH is 1. The number of aliphatic hydroxyl groups is 1. The van der Waals surface area contributed by atoms with Crippen LogP contribution in [0.1, 0.15) is 56.2 Å². The topological polar surface area (TPSA) is 142 Å². The van der Waals surface area contributed by atoms with Crippen molar-refractivity contribution >= 4 is 17.8 Å². The molecular weight excluding hydrogens is 542 g/mol. The number of aryl methyl sites for hydroxylation is 1. The molecule has 0 radical (unpaired) electrons. The molecule has 2 amide bonds. The number of nitrogens with one attached hydrogen (secondary N) is 2. The van der Waals surface area contributed by atoms with E-state index in [0.717, 1.165) is 36.9 Å². The van der Waals surface area contributed by atoms with Crippen LogP contribution in [0.5, 0.6) is 0 Å². The highest BCUT2D eigenvalue weighted by Crippen LogP contribution is 2.12. The number of nitrogens with two attached hydrogens (primary N) is 1. The lowest BCUT2D eigenvalue weighted by molar-refractivity contribution is -0.137. The fourth-order valence-corrected chi connectivity index (χ4v) is 4.68. The number of carboxylic acids is 1. The van der Waals surface area contributed by atoms with Crippen LogP contribution >= 0.6 is 0 Å². The zero-order chi connectivity index (χ0) is 31.5. The van der Waals surface area contributed by atoms with Gasteiger partial charge in [-0.15, -0.1) is 0 Å². The standard InChI is InChI=1S/C27H38N2O4.C8H9NO/c1-20(2)26(28-18-10-9-13-21-11-5-3-6-12-21)27(33)29-23(24(30)16-17-25(31)32)19-22-14-7-4-8-15-22;9-8(10)6-7-4-2-1-3-5-7/h3-8,11-12,14-15,20,23-24,26,28,30H,9-10,13,16-19H2,1-2H3,(H,29,33)(H,31,32);1-5H,6H2,(H2,9,10). The second kappa shape index (κ2) is 20.0. The fraction of sp³-hybridized carbons (Fsp3) is 0.400. The molecule has 8 heteroatoms. The van der Waals surface area contributed by atoms with Crippen LogP contribution in [-0.4, -0.2) is 52.7 Å². The van der Waals surface area contributed by atoms with E-state index < -0.39 is 18.1 Å². The van der Waals surface area contributed by atoms with Gasteiger partial charge in [-0.3, -0.25) is 14.4 Å². The maximum Gasteiger partial charge on any atom is 0.303 e. The molecule has 3 rings (SSSR count). The molecule has 0 fully saturated rings. The molecule has 0 saturated heterocycles. The highest BCUT2D eigenvalue weighted by Gasteiger charge is 2.27. The number of carboxylic acid groups (broad SMARTS) is 1. The summed E-state index contributed by atoms with van der Waals surface area (Å²) in [5, 5.41) is 26.0. The Balaban J connectivity index is 0.000000543. The van der Waals surface area contributed by atoms with Crippen LogP contribution in [0.3, 0.4) is 0 Å². The van der Waals surface area contributed by atoms with Crippen molar-refractivity contribution in [2.45, 2.75) is 77.0 Å². The summed E-state index contributed by atoms with van der Waals surface area (Å²) >= 11 is 0. The number of aliphatic carboxylic acids is 1. The monoisotopic (exact) mass is 589 g/mol. The summed E-state index contributed by atoms with van der Waals surface area (Å²) in [5.74, 6) is -1.33. The van der Waals surface area contributed by atoms with Crippen molar-refractivity contribution < 1.29 is 24.6 Å². The minimum atomic E-state index is -0.962. The van der Waals surface area contributed by atoms with Gasteiger partial charge in [0.25, 0.3) is 0 Å². The van der Waals surface area contributed by atoms with Gasteiger partial charge in [-0.1, -0.05) is 105 Å². The summed E-state index contributed by atoms with van der Waals surface area (Å²) < 4.78 is 0. The number of benzene rings is 3. The Morgan fingerprint density at radius 3 is 1.84 bits per heavy atom. The zero-order valence-electron chi connectivity index (χ0n) is 25.3. The number of hydrogen-bond donors (Lipinski definition) is 5. The molecular formula is C35H47N3O5. The smallest absolute Gasteiger partial charge is 0.303 e. The third-order valence-corrected chi connectivity index (χ3v) is 7.01. The third kappa shape index (κ3) is 15.2. The molecule has 3 atom stereocenters. The van der Waals surface area contributed by atoms with Gasteiger partial charge in [0.2, 0.25) is 11.8 Å². The summed E-state index contributed by atoms with van der Waals surface area (Å²) in [6.07, 6.45) is 2.78. The first-order chi connectivity index (χ1) is 20.7. The molecule has 8 nitrogen and oxygen atoms in total. The number of carbonyl (C=O) groups excluding carboxylic acids is 2. The molecule has 6 N–H and O–H groups in total. The van der Waals surface area contributed by atoms with Crippen molar-refractivity contribution in [1.29, 1.82) is 0 Å². The first-order valence-electron chi connectivity index (χ1n) is 15.0. The summed E-state index contributed by atoms with van der Waals surface area (Å²) in [7, 11) is 0. The third-order valence-electron chi connectivity index (χ3n) is 7.01. The largest absolute Gasteiger partial charge is 0.481 e. The average Bonchev–Trinajstić information content (AvgIpc) is 2.98. The summed E-state index contributed by atoms with van der Waals surface area (Å²) in [6.45, 7) is 4.72. The van der Waals surface area contributed by atoms with Crippen LogP contribution in [-0.2, 0) is 33.6 Å². The fourth-order valence-electron chi connectivity index (χ4n) is 4.68. The Labute approximate surface area is 255 Å². The van der Waals surface area contributed by atoms with Crippen LogP contribution in [0, 0.1) is 5.92 Å². The first kappa shape index (κ1) is 35.2. The van der Waals surface area contributed by atoms with E-state index >= 15 is 0 Å². The van der Waals surface area contributed by atoms with E-state index in [0.29, 0.717) is 12.8 Å². The molecule has 0 aliphatic carbocycles. The quantitative estimate of drug-likeness (QED) is 0.149. The van der Waals surface area contributed by atoms with Crippen molar-refractivity contribution in [2.24, 2.45) is 11.7 Å². The molecule has 43 heavy (non-hydrogen) atoms. The zero-order valence-corrected chi connectivity index (χ0v) is 25.3. The molecule has 3 unspecified atom stereocenters. The highest BCUT2D eigenvalue weighted by atomic mass is 16.4. The van der Waals surface area contributed by atoms with Gasteiger partial charge in [-0.25, -0.2) is 0 Å². The van der Waals surface area contributed by atoms with Crippen molar-refractivity contribution in [2.75, 3.05) is 6.54 Å². The van der Waals surface area contributed by atoms with Crippen molar-refractivity contribution in [3.63, 3.8) is 0 Å². The number of carbonyl (C=O) groups is 3. The minimum Gasteiger partial charge on any atom is -0.481 e. The Kier molecular flexibility index (Phi) is 16.4. The van der Waals surface area contributed by atoms with Crippen molar-refractivity contribution in [1.82, 2.24) is 10.6 Å². The van der Waals surface area contributed by atoms with E-state index in [1.54, 1.807) is 0 Å². The van der Waals surface area contributed by atoms with Crippen LogP contribution in [0.15, 0.2) is 91.0 Å². The predicted molar refractivity (Wildman–Crippen MR) is 170 cm³/mol. The SMILES string of the molecule is CC(C)C(NCCCCc1ccccc1)C(=O)NC(Cc1ccccc1)C(O)CCC(=O)O.NC(=O)Cc1ccccc1. The number of amides is 2. The molecule has 0 bridgehead atoms. The molecule has 0 aromatic heterocycles. The Hall–Kier alpha value is -4.01. The van der Waals surface area contributed by atoms with Gasteiger partial charge in [-0.05, 0) is 61.3 Å². The number of rotatable bonds is 17. The lowest BCUT2D eigenvalue weighted by Gasteiger charge is -2.28.